The number of fused-ring (bicyclic) bond motifs is 1. The number of amides is 1. The lowest BCUT2D eigenvalue weighted by molar-refractivity contribution is -0.131. The van der Waals surface area contributed by atoms with Crippen molar-refractivity contribution in [2.24, 2.45) is 0 Å². The van der Waals surface area contributed by atoms with Crippen LogP contribution in [0.1, 0.15) is 15.4 Å². The van der Waals surface area contributed by atoms with Crippen LogP contribution in [0.2, 0.25) is 0 Å². The number of carbonyl (C=O) groups excluding carboxylic acids is 1. The standard InChI is InChI=1S/C11H11N3OS2/c12-11-13-8-5-14(6-9(8)17-11)10(15)4-7-2-1-3-16-7/h1-3H,4-6H2,(H2,12,13). The Bertz CT molecular complexity index is 524. The number of thiazole rings is 1. The van der Waals surface area contributed by atoms with Crippen LogP contribution in [0, 0.1) is 0 Å². The van der Waals surface area contributed by atoms with E-state index in [0.29, 0.717) is 24.6 Å². The first kappa shape index (κ1) is 10.7. The van der Waals surface area contributed by atoms with Gasteiger partial charge in [-0.05, 0) is 11.4 Å². The highest BCUT2D eigenvalue weighted by atomic mass is 32.1. The number of carbonyl (C=O) groups is 1. The van der Waals surface area contributed by atoms with Crippen LogP contribution in [-0.4, -0.2) is 15.8 Å². The summed E-state index contributed by atoms with van der Waals surface area (Å²) in [6.07, 6.45) is 0.488. The zero-order valence-electron chi connectivity index (χ0n) is 9.05. The number of nitrogens with zero attached hydrogens (tertiary/aromatic N) is 2. The maximum absolute atomic E-state index is 12.0. The van der Waals surface area contributed by atoms with Gasteiger partial charge >= 0.3 is 0 Å². The predicted octanol–water partition coefficient (Wildman–Crippen LogP) is 1.87. The molecule has 0 bridgehead atoms. The zero-order valence-corrected chi connectivity index (χ0v) is 10.7. The number of nitrogens with two attached hydrogens (primary N) is 1. The molecule has 0 unspecified atom stereocenters. The second-order valence-corrected chi connectivity index (χ2v) is 6.08. The predicted molar refractivity (Wildman–Crippen MR) is 68.8 cm³/mol. The van der Waals surface area contributed by atoms with E-state index in [4.69, 9.17) is 5.73 Å². The topological polar surface area (TPSA) is 59.2 Å². The number of hydrogen-bond donors (Lipinski definition) is 1. The molecule has 1 aliphatic heterocycles. The summed E-state index contributed by atoms with van der Waals surface area (Å²) in [5.41, 5.74) is 6.59. The lowest BCUT2D eigenvalue weighted by Gasteiger charge is -2.14. The van der Waals surface area contributed by atoms with Crippen molar-refractivity contribution in [2.45, 2.75) is 19.5 Å². The highest BCUT2D eigenvalue weighted by molar-refractivity contribution is 7.15. The second-order valence-electron chi connectivity index (χ2n) is 3.93. The summed E-state index contributed by atoms with van der Waals surface area (Å²) in [5, 5.41) is 2.59. The van der Waals surface area contributed by atoms with Crippen molar-refractivity contribution >= 4 is 33.7 Å². The molecule has 1 amide bonds. The Hall–Kier alpha value is -1.40. The van der Waals surface area contributed by atoms with Gasteiger partial charge in [-0.2, -0.15) is 0 Å². The minimum absolute atomic E-state index is 0.163. The Morgan fingerprint density at radius 2 is 2.41 bits per heavy atom. The first-order chi connectivity index (χ1) is 8.22. The molecule has 0 fully saturated rings. The van der Waals surface area contributed by atoms with E-state index in [-0.39, 0.29) is 5.91 Å². The Morgan fingerprint density at radius 3 is 3.12 bits per heavy atom. The Labute approximate surface area is 107 Å². The van der Waals surface area contributed by atoms with Crippen molar-refractivity contribution in [3.05, 3.63) is 33.0 Å². The maximum atomic E-state index is 12.0. The highest BCUT2D eigenvalue weighted by Crippen LogP contribution is 2.29. The van der Waals surface area contributed by atoms with Crippen molar-refractivity contribution < 1.29 is 4.79 Å². The van der Waals surface area contributed by atoms with Crippen LogP contribution in [0.3, 0.4) is 0 Å². The molecule has 3 heterocycles. The Morgan fingerprint density at radius 1 is 1.53 bits per heavy atom. The number of thiophene rings is 1. The fourth-order valence-corrected chi connectivity index (χ4v) is 3.46. The van der Waals surface area contributed by atoms with Crippen molar-refractivity contribution in [3.8, 4) is 0 Å². The van der Waals surface area contributed by atoms with E-state index in [1.165, 1.54) is 11.3 Å². The molecule has 6 heteroatoms. The smallest absolute Gasteiger partial charge is 0.228 e. The van der Waals surface area contributed by atoms with Crippen LogP contribution >= 0.6 is 22.7 Å². The minimum atomic E-state index is 0.163. The fourth-order valence-electron chi connectivity index (χ4n) is 1.91. The third kappa shape index (κ3) is 2.05. The molecule has 2 aromatic heterocycles. The fraction of sp³-hybridized carbons (Fsp3) is 0.273. The number of aromatic nitrogens is 1. The number of rotatable bonds is 2. The number of anilines is 1. The molecule has 0 aliphatic carbocycles. The van der Waals surface area contributed by atoms with Gasteiger partial charge in [-0.1, -0.05) is 6.07 Å². The van der Waals surface area contributed by atoms with Crippen molar-refractivity contribution in [3.63, 3.8) is 0 Å². The van der Waals surface area contributed by atoms with Crippen LogP contribution in [0.4, 0.5) is 5.13 Å². The summed E-state index contributed by atoms with van der Waals surface area (Å²) in [5.74, 6) is 0.163. The van der Waals surface area contributed by atoms with E-state index in [1.54, 1.807) is 11.3 Å². The van der Waals surface area contributed by atoms with Gasteiger partial charge < -0.3 is 10.6 Å². The summed E-state index contributed by atoms with van der Waals surface area (Å²) >= 11 is 3.10. The monoisotopic (exact) mass is 265 g/mol. The summed E-state index contributed by atoms with van der Waals surface area (Å²) < 4.78 is 0. The molecule has 17 heavy (non-hydrogen) atoms. The molecule has 4 nitrogen and oxygen atoms in total. The SMILES string of the molecule is Nc1nc2c(s1)CN(C(=O)Cc1cccs1)C2. The molecule has 3 rings (SSSR count). The van der Waals surface area contributed by atoms with Crippen molar-refractivity contribution in [1.82, 2.24) is 9.88 Å². The number of nitrogen functional groups attached to an aromatic ring is 1. The van der Waals surface area contributed by atoms with Gasteiger partial charge in [-0.3, -0.25) is 4.79 Å². The summed E-state index contributed by atoms with van der Waals surface area (Å²) in [6.45, 7) is 1.27. The van der Waals surface area contributed by atoms with E-state index < -0.39 is 0 Å². The zero-order chi connectivity index (χ0) is 11.8. The first-order valence-electron chi connectivity index (χ1n) is 5.26. The molecule has 0 radical (unpaired) electrons. The molecule has 1 aliphatic rings. The molecule has 0 atom stereocenters. The molecule has 0 spiro atoms. The van der Waals surface area contributed by atoms with Gasteiger partial charge in [0.2, 0.25) is 5.91 Å². The van der Waals surface area contributed by atoms with Gasteiger partial charge in [-0.15, -0.1) is 22.7 Å². The highest BCUT2D eigenvalue weighted by Gasteiger charge is 2.26. The van der Waals surface area contributed by atoms with Gasteiger partial charge in [-0.25, -0.2) is 4.98 Å². The molecule has 0 aromatic carbocycles. The van der Waals surface area contributed by atoms with Crippen molar-refractivity contribution in [1.29, 1.82) is 0 Å². The van der Waals surface area contributed by atoms with E-state index in [2.05, 4.69) is 4.98 Å². The summed E-state index contributed by atoms with van der Waals surface area (Å²) in [4.78, 5) is 20.3. The maximum Gasteiger partial charge on any atom is 0.228 e. The van der Waals surface area contributed by atoms with Crippen LogP contribution in [0.5, 0.6) is 0 Å². The van der Waals surface area contributed by atoms with E-state index in [9.17, 15) is 4.79 Å². The Balaban J connectivity index is 1.68. The van der Waals surface area contributed by atoms with Crippen LogP contribution in [-0.2, 0) is 24.3 Å². The molecule has 88 valence electrons. The molecule has 2 aromatic rings. The molecule has 0 saturated carbocycles. The average molecular weight is 265 g/mol. The second kappa shape index (κ2) is 4.12. The van der Waals surface area contributed by atoms with Crippen LogP contribution in [0.25, 0.3) is 0 Å². The van der Waals surface area contributed by atoms with Crippen molar-refractivity contribution in [2.75, 3.05) is 5.73 Å². The third-order valence-corrected chi connectivity index (χ3v) is 4.52. The Kier molecular flexibility index (Phi) is 2.60. The third-order valence-electron chi connectivity index (χ3n) is 2.73. The van der Waals surface area contributed by atoms with Gasteiger partial charge in [0.25, 0.3) is 0 Å². The lowest BCUT2D eigenvalue weighted by Crippen LogP contribution is -2.26. The summed E-state index contributed by atoms with van der Waals surface area (Å²) in [7, 11) is 0. The lowest BCUT2D eigenvalue weighted by atomic mass is 10.3. The summed E-state index contributed by atoms with van der Waals surface area (Å²) in [6, 6.07) is 3.96. The normalized spacial score (nSPS) is 14.0. The van der Waals surface area contributed by atoms with Gasteiger partial charge in [0, 0.05) is 4.88 Å². The van der Waals surface area contributed by atoms with Crippen LogP contribution in [0.15, 0.2) is 17.5 Å². The largest absolute Gasteiger partial charge is 0.375 e. The first-order valence-corrected chi connectivity index (χ1v) is 6.96. The molecule has 0 saturated heterocycles. The molecule has 2 N–H and O–H groups in total. The van der Waals surface area contributed by atoms with E-state index in [0.717, 1.165) is 15.4 Å². The van der Waals surface area contributed by atoms with Crippen LogP contribution < -0.4 is 5.73 Å². The quantitative estimate of drug-likeness (QED) is 0.901. The van der Waals surface area contributed by atoms with E-state index in [1.807, 2.05) is 22.4 Å². The number of hydrogen-bond acceptors (Lipinski definition) is 5. The average Bonchev–Trinajstić information content (AvgIpc) is 2.92. The van der Waals surface area contributed by atoms with Gasteiger partial charge in [0.15, 0.2) is 5.13 Å². The van der Waals surface area contributed by atoms with Gasteiger partial charge in [0.1, 0.15) is 0 Å². The minimum Gasteiger partial charge on any atom is -0.375 e. The molecular weight excluding hydrogens is 254 g/mol. The van der Waals surface area contributed by atoms with Gasteiger partial charge in [0.05, 0.1) is 30.1 Å². The van der Waals surface area contributed by atoms with E-state index >= 15 is 0 Å². The molecular formula is C11H11N3OS2.